The second kappa shape index (κ2) is 7.09. The average molecular weight is 314 g/mol. The molecule has 0 radical (unpaired) electrons. The van der Waals surface area contributed by atoms with Crippen LogP contribution in [-0.2, 0) is 19.3 Å². The van der Waals surface area contributed by atoms with E-state index >= 15 is 0 Å². The number of hydrogen-bond acceptors (Lipinski definition) is 4. The van der Waals surface area contributed by atoms with Gasteiger partial charge in [0.05, 0.1) is 0 Å². The fourth-order valence-electron chi connectivity index (χ4n) is 2.55. The van der Waals surface area contributed by atoms with E-state index in [0.717, 1.165) is 28.7 Å². The minimum Gasteiger partial charge on any atom is -0.508 e. The second-order valence-electron chi connectivity index (χ2n) is 5.88. The number of aryl methyl sites for hydroxylation is 2. The Balaban J connectivity index is 2.20. The van der Waals surface area contributed by atoms with Gasteiger partial charge >= 0.3 is 0 Å². The van der Waals surface area contributed by atoms with E-state index in [4.69, 9.17) is 0 Å². The summed E-state index contributed by atoms with van der Waals surface area (Å²) in [4.78, 5) is 0. The van der Waals surface area contributed by atoms with Gasteiger partial charge in [-0.1, -0.05) is 11.6 Å². The monoisotopic (exact) mass is 314 g/mol. The molecule has 0 fully saturated rings. The largest absolute Gasteiger partial charge is 0.508 e. The molecule has 0 atom stereocenters. The van der Waals surface area contributed by atoms with Crippen molar-refractivity contribution in [2.24, 2.45) is 0 Å². The number of phenols is 4. The molecule has 0 saturated heterocycles. The molecule has 4 nitrogen and oxygen atoms in total. The maximum atomic E-state index is 10.1. The van der Waals surface area contributed by atoms with Crippen LogP contribution < -0.4 is 0 Å². The van der Waals surface area contributed by atoms with Crippen LogP contribution in [0.5, 0.6) is 23.0 Å². The van der Waals surface area contributed by atoms with E-state index in [0.29, 0.717) is 19.3 Å². The average Bonchev–Trinajstić information content (AvgIpc) is 2.47. The van der Waals surface area contributed by atoms with Gasteiger partial charge in [0.1, 0.15) is 11.5 Å². The zero-order valence-electron chi connectivity index (χ0n) is 13.2. The van der Waals surface area contributed by atoms with Gasteiger partial charge in [-0.25, -0.2) is 0 Å². The summed E-state index contributed by atoms with van der Waals surface area (Å²) in [5.74, 6) is -0.172. The summed E-state index contributed by atoms with van der Waals surface area (Å²) >= 11 is 0. The molecule has 0 saturated carbocycles. The third kappa shape index (κ3) is 4.42. The third-order valence-corrected chi connectivity index (χ3v) is 3.83. The lowest BCUT2D eigenvalue weighted by atomic mass is 9.94. The van der Waals surface area contributed by atoms with Gasteiger partial charge in [-0.3, -0.25) is 0 Å². The van der Waals surface area contributed by atoms with Gasteiger partial charge in [0.25, 0.3) is 0 Å². The molecule has 0 aliphatic carbocycles. The number of rotatable bonds is 6. The van der Waals surface area contributed by atoms with Gasteiger partial charge in [-0.15, -0.1) is 6.58 Å². The highest BCUT2D eigenvalue weighted by molar-refractivity contribution is 5.46. The van der Waals surface area contributed by atoms with Crippen molar-refractivity contribution in [1.82, 2.24) is 0 Å². The predicted octanol–water partition coefficient (Wildman–Crippen LogP) is 3.80. The van der Waals surface area contributed by atoms with Crippen molar-refractivity contribution in [2.45, 2.75) is 32.6 Å². The van der Waals surface area contributed by atoms with Crippen molar-refractivity contribution in [3.8, 4) is 23.0 Å². The van der Waals surface area contributed by atoms with Crippen LogP contribution in [0.25, 0.3) is 0 Å². The first-order chi connectivity index (χ1) is 10.9. The number of aromatic hydroxyl groups is 4. The third-order valence-electron chi connectivity index (χ3n) is 3.83. The summed E-state index contributed by atoms with van der Waals surface area (Å²) in [5.41, 5.74) is 3.59. The molecule has 0 aromatic heterocycles. The summed E-state index contributed by atoms with van der Waals surface area (Å²) in [5, 5.41) is 38.7. The van der Waals surface area contributed by atoms with Crippen molar-refractivity contribution in [3.05, 3.63) is 59.2 Å². The molecule has 0 aliphatic rings. The van der Waals surface area contributed by atoms with Gasteiger partial charge in [-0.05, 0) is 67.5 Å². The molecular weight excluding hydrogens is 292 g/mol. The first kappa shape index (κ1) is 16.7. The van der Waals surface area contributed by atoms with E-state index in [1.54, 1.807) is 12.1 Å². The van der Waals surface area contributed by atoms with E-state index in [1.807, 2.05) is 6.92 Å². The smallest absolute Gasteiger partial charge is 0.157 e. The van der Waals surface area contributed by atoms with Crippen LogP contribution in [0, 0.1) is 0 Å². The Hall–Kier alpha value is -2.62. The number of hydrogen-bond donors (Lipinski definition) is 4. The summed E-state index contributed by atoms with van der Waals surface area (Å²) in [6.07, 6.45) is 2.66. The van der Waals surface area contributed by atoms with Gasteiger partial charge < -0.3 is 20.4 Å². The van der Waals surface area contributed by atoms with E-state index < -0.39 is 0 Å². The predicted molar refractivity (Wildman–Crippen MR) is 90.1 cm³/mol. The molecule has 4 heteroatoms. The van der Waals surface area contributed by atoms with Crippen LogP contribution in [0.3, 0.4) is 0 Å². The van der Waals surface area contributed by atoms with Crippen LogP contribution in [0.15, 0.2) is 42.5 Å². The maximum Gasteiger partial charge on any atom is 0.157 e. The highest BCUT2D eigenvalue weighted by Gasteiger charge is 2.11. The van der Waals surface area contributed by atoms with Gasteiger partial charge in [0.15, 0.2) is 11.5 Å². The lowest BCUT2D eigenvalue weighted by molar-refractivity contribution is 0.403. The highest BCUT2D eigenvalue weighted by atomic mass is 16.3. The topological polar surface area (TPSA) is 80.9 Å². The molecule has 2 aromatic carbocycles. The van der Waals surface area contributed by atoms with Gasteiger partial charge in [-0.2, -0.15) is 0 Å². The summed E-state index contributed by atoms with van der Waals surface area (Å²) in [6, 6.07) is 7.72. The Morgan fingerprint density at radius 1 is 0.870 bits per heavy atom. The zero-order valence-corrected chi connectivity index (χ0v) is 13.2. The van der Waals surface area contributed by atoms with Crippen molar-refractivity contribution in [2.75, 3.05) is 0 Å². The van der Waals surface area contributed by atoms with Crippen LogP contribution in [0.4, 0.5) is 0 Å². The number of allylic oxidation sites excluding steroid dienone is 1. The quantitative estimate of drug-likeness (QED) is 0.483. The normalized spacial score (nSPS) is 10.7. The van der Waals surface area contributed by atoms with Crippen LogP contribution in [0.1, 0.15) is 30.0 Å². The summed E-state index contributed by atoms with van der Waals surface area (Å²) in [6.45, 7) is 5.82. The molecule has 2 rings (SSSR count). The van der Waals surface area contributed by atoms with E-state index in [2.05, 4.69) is 6.58 Å². The minimum absolute atomic E-state index is 0.0325. The molecule has 0 amide bonds. The number of benzene rings is 2. The zero-order chi connectivity index (χ0) is 17.0. The van der Waals surface area contributed by atoms with Crippen LogP contribution in [-0.4, -0.2) is 20.4 Å². The first-order valence-electron chi connectivity index (χ1n) is 7.55. The lowest BCUT2D eigenvalue weighted by Gasteiger charge is -2.13. The van der Waals surface area contributed by atoms with Crippen LogP contribution in [0.2, 0.25) is 0 Å². The van der Waals surface area contributed by atoms with E-state index in [-0.39, 0.29) is 23.0 Å². The Bertz CT molecular complexity index is 720. The Morgan fingerprint density at radius 2 is 1.61 bits per heavy atom. The van der Waals surface area contributed by atoms with Gasteiger partial charge in [0, 0.05) is 6.07 Å². The molecule has 0 heterocycles. The molecule has 23 heavy (non-hydrogen) atoms. The highest BCUT2D eigenvalue weighted by Crippen LogP contribution is 2.31. The lowest BCUT2D eigenvalue weighted by Crippen LogP contribution is -1.99. The Kier molecular flexibility index (Phi) is 5.16. The molecule has 4 N–H and O–H groups in total. The maximum absolute atomic E-state index is 10.1. The Morgan fingerprint density at radius 3 is 2.26 bits per heavy atom. The summed E-state index contributed by atoms with van der Waals surface area (Å²) < 4.78 is 0. The molecule has 0 spiro atoms. The van der Waals surface area contributed by atoms with Crippen molar-refractivity contribution in [3.63, 3.8) is 0 Å². The molecular formula is C19H22O4. The van der Waals surface area contributed by atoms with E-state index in [9.17, 15) is 20.4 Å². The molecule has 0 aliphatic heterocycles. The molecule has 0 unspecified atom stereocenters. The van der Waals surface area contributed by atoms with Gasteiger partial charge in [0.2, 0.25) is 0 Å². The molecule has 2 aromatic rings. The SMILES string of the molecule is C=C(C)CCc1c(O)cc(O)cc1CCc1ccc(O)c(O)c1. The van der Waals surface area contributed by atoms with E-state index in [1.165, 1.54) is 18.2 Å². The Labute approximate surface area is 136 Å². The van der Waals surface area contributed by atoms with Crippen molar-refractivity contribution >= 4 is 0 Å². The minimum atomic E-state index is -0.149. The first-order valence-corrected chi connectivity index (χ1v) is 7.55. The fraction of sp³-hybridized carbons (Fsp3) is 0.263. The van der Waals surface area contributed by atoms with Crippen LogP contribution >= 0.6 is 0 Å². The number of phenolic OH excluding ortho intramolecular Hbond substituents is 4. The standard InChI is InChI=1S/C19H22O4/c1-12(2)3-7-16-14(10-15(20)11-18(16)22)6-4-13-5-8-17(21)19(23)9-13/h5,8-11,20-23H,1,3-4,6-7H2,2H3. The molecule has 0 bridgehead atoms. The molecule has 122 valence electrons. The van der Waals surface area contributed by atoms with Crippen molar-refractivity contribution < 1.29 is 20.4 Å². The fourth-order valence-corrected chi connectivity index (χ4v) is 2.55. The summed E-state index contributed by atoms with van der Waals surface area (Å²) in [7, 11) is 0. The van der Waals surface area contributed by atoms with Crippen molar-refractivity contribution in [1.29, 1.82) is 0 Å². The second-order valence-corrected chi connectivity index (χ2v) is 5.88.